The van der Waals surface area contributed by atoms with Crippen LogP contribution in [-0.4, -0.2) is 42.0 Å². The zero-order valence-electron chi connectivity index (χ0n) is 14.7. The Morgan fingerprint density at radius 1 is 1.46 bits per heavy atom. The molecule has 2 heterocycles. The summed E-state index contributed by atoms with van der Waals surface area (Å²) >= 11 is 1.72. The number of thiazole rings is 1. The van der Waals surface area contributed by atoms with Crippen LogP contribution in [0.1, 0.15) is 44.3 Å². The van der Waals surface area contributed by atoms with E-state index in [9.17, 15) is 4.79 Å². The van der Waals surface area contributed by atoms with Crippen molar-refractivity contribution in [3.05, 3.63) is 16.1 Å². The Morgan fingerprint density at radius 2 is 2.17 bits per heavy atom. The maximum absolute atomic E-state index is 12.1. The summed E-state index contributed by atoms with van der Waals surface area (Å²) in [5.41, 5.74) is 6.69. The first-order valence-electron chi connectivity index (χ1n) is 8.05. The van der Waals surface area contributed by atoms with E-state index >= 15 is 0 Å². The molecule has 1 unspecified atom stereocenters. The third-order valence-corrected chi connectivity index (χ3v) is 4.83. The fraction of sp³-hybridized carbons (Fsp3) is 0.750. The molecule has 0 radical (unpaired) electrons. The smallest absolute Gasteiger partial charge is 0.224 e. The molecule has 1 atom stereocenters. The van der Waals surface area contributed by atoms with Crippen molar-refractivity contribution < 1.29 is 4.79 Å². The minimum absolute atomic E-state index is 0. The molecule has 1 fully saturated rings. The quantitative estimate of drug-likeness (QED) is 0.801. The Bertz CT molecular complexity index is 505. The van der Waals surface area contributed by atoms with Crippen LogP contribution in [0.15, 0.2) is 5.38 Å². The topological polar surface area (TPSA) is 71.2 Å². The number of rotatable bonds is 5. The molecule has 1 aromatic rings. The van der Waals surface area contributed by atoms with E-state index in [1.54, 1.807) is 11.3 Å². The number of amides is 1. The molecule has 1 aliphatic heterocycles. The molecule has 24 heavy (non-hydrogen) atoms. The third kappa shape index (κ3) is 6.84. The second-order valence-electron chi connectivity index (χ2n) is 7.03. The van der Waals surface area contributed by atoms with Gasteiger partial charge in [0.05, 0.1) is 18.2 Å². The third-order valence-electron chi connectivity index (χ3n) is 4.00. The highest BCUT2D eigenvalue weighted by atomic mass is 35.5. The van der Waals surface area contributed by atoms with E-state index < -0.39 is 0 Å². The van der Waals surface area contributed by atoms with Crippen molar-refractivity contribution in [3.8, 4) is 0 Å². The molecule has 5 nitrogen and oxygen atoms in total. The first kappa shape index (κ1) is 23.6. The fourth-order valence-electron chi connectivity index (χ4n) is 2.67. The van der Waals surface area contributed by atoms with Crippen LogP contribution in [0.25, 0.3) is 0 Å². The Kier molecular flexibility index (Phi) is 10.4. The lowest BCUT2D eigenvalue weighted by Gasteiger charge is -2.31. The summed E-state index contributed by atoms with van der Waals surface area (Å²) in [7, 11) is 0. The number of hydrogen-bond acceptors (Lipinski definition) is 5. The number of carbonyl (C=O) groups excluding carboxylic acids is 1. The van der Waals surface area contributed by atoms with Crippen LogP contribution in [0, 0.1) is 5.92 Å². The van der Waals surface area contributed by atoms with Crippen molar-refractivity contribution >= 4 is 42.1 Å². The van der Waals surface area contributed by atoms with Crippen molar-refractivity contribution in [2.75, 3.05) is 26.2 Å². The number of nitrogens with zero attached hydrogens (tertiary/aromatic N) is 2. The number of likely N-dealkylation sites (tertiary alicyclic amines) is 1. The van der Waals surface area contributed by atoms with E-state index in [2.05, 4.69) is 36.4 Å². The van der Waals surface area contributed by atoms with Crippen LogP contribution < -0.4 is 11.1 Å². The molecule has 1 aliphatic rings. The van der Waals surface area contributed by atoms with Crippen LogP contribution in [0.3, 0.4) is 0 Å². The van der Waals surface area contributed by atoms with Gasteiger partial charge in [0.1, 0.15) is 5.01 Å². The van der Waals surface area contributed by atoms with Gasteiger partial charge >= 0.3 is 0 Å². The Hall–Kier alpha value is -0.400. The lowest BCUT2D eigenvalue weighted by atomic mass is 9.93. The lowest BCUT2D eigenvalue weighted by Crippen LogP contribution is -2.43. The van der Waals surface area contributed by atoms with E-state index in [0.717, 1.165) is 43.2 Å². The molecule has 140 valence electrons. The lowest BCUT2D eigenvalue weighted by molar-refractivity contribution is -0.126. The normalized spacial score (nSPS) is 18.4. The van der Waals surface area contributed by atoms with Crippen LogP contribution in [0.4, 0.5) is 0 Å². The molecule has 1 saturated heterocycles. The monoisotopic (exact) mass is 396 g/mol. The average Bonchev–Trinajstić information content (AvgIpc) is 2.93. The van der Waals surface area contributed by atoms with Gasteiger partial charge in [-0.3, -0.25) is 9.69 Å². The molecule has 0 aromatic carbocycles. The molecular weight excluding hydrogens is 367 g/mol. The Morgan fingerprint density at radius 3 is 2.75 bits per heavy atom. The minimum Gasteiger partial charge on any atom is -0.355 e. The van der Waals surface area contributed by atoms with E-state index in [-0.39, 0.29) is 42.1 Å². The van der Waals surface area contributed by atoms with Crippen LogP contribution in [0.2, 0.25) is 0 Å². The van der Waals surface area contributed by atoms with Crippen molar-refractivity contribution in [1.29, 1.82) is 0 Å². The average molecular weight is 397 g/mol. The molecule has 2 rings (SSSR count). The summed E-state index contributed by atoms with van der Waals surface area (Å²) < 4.78 is 0. The van der Waals surface area contributed by atoms with Gasteiger partial charge in [0.25, 0.3) is 0 Å². The van der Waals surface area contributed by atoms with Crippen molar-refractivity contribution in [2.24, 2.45) is 11.7 Å². The van der Waals surface area contributed by atoms with E-state index in [4.69, 9.17) is 10.7 Å². The number of nitrogens with two attached hydrogens (primary N) is 1. The Labute approximate surface area is 161 Å². The SMILES string of the molecule is CC(C)(C)c1csc(CN2CCCC(C(=O)NCCN)C2)n1.Cl.Cl. The van der Waals surface area contributed by atoms with Gasteiger partial charge < -0.3 is 11.1 Å². The Balaban J connectivity index is 0.00000264. The predicted molar refractivity (Wildman–Crippen MR) is 105 cm³/mol. The highest BCUT2D eigenvalue weighted by Crippen LogP contribution is 2.25. The van der Waals surface area contributed by atoms with Crippen LogP contribution in [0.5, 0.6) is 0 Å². The maximum atomic E-state index is 12.1. The van der Waals surface area contributed by atoms with Crippen molar-refractivity contribution in [2.45, 2.75) is 45.6 Å². The van der Waals surface area contributed by atoms with Gasteiger partial charge in [-0.2, -0.15) is 0 Å². The highest BCUT2D eigenvalue weighted by molar-refractivity contribution is 7.09. The van der Waals surface area contributed by atoms with Crippen molar-refractivity contribution in [3.63, 3.8) is 0 Å². The van der Waals surface area contributed by atoms with Crippen molar-refractivity contribution in [1.82, 2.24) is 15.2 Å². The molecule has 0 spiro atoms. The summed E-state index contributed by atoms with van der Waals surface area (Å²) in [6.45, 7) is 10.3. The number of piperidine rings is 1. The summed E-state index contributed by atoms with van der Waals surface area (Å²) in [4.78, 5) is 19.2. The molecule has 0 saturated carbocycles. The highest BCUT2D eigenvalue weighted by Gasteiger charge is 2.26. The number of carbonyl (C=O) groups is 1. The van der Waals surface area contributed by atoms with E-state index in [0.29, 0.717) is 13.1 Å². The van der Waals surface area contributed by atoms with Crippen LogP contribution in [-0.2, 0) is 16.8 Å². The van der Waals surface area contributed by atoms with Gasteiger partial charge in [0.15, 0.2) is 0 Å². The van der Waals surface area contributed by atoms with Crippen LogP contribution >= 0.6 is 36.2 Å². The fourth-order valence-corrected chi connectivity index (χ4v) is 3.73. The summed E-state index contributed by atoms with van der Waals surface area (Å²) in [5.74, 6) is 0.229. The number of aromatic nitrogens is 1. The summed E-state index contributed by atoms with van der Waals surface area (Å²) in [5, 5.41) is 6.21. The molecule has 1 amide bonds. The largest absolute Gasteiger partial charge is 0.355 e. The number of hydrogen-bond donors (Lipinski definition) is 2. The van der Waals surface area contributed by atoms with Gasteiger partial charge in [0.2, 0.25) is 5.91 Å². The zero-order valence-corrected chi connectivity index (χ0v) is 17.2. The maximum Gasteiger partial charge on any atom is 0.224 e. The standard InChI is InChI=1S/C16H28N4OS.2ClH/c1-16(2,3)13-11-22-14(19-13)10-20-8-4-5-12(9-20)15(21)18-7-6-17;;/h11-12H,4-10,17H2,1-3H3,(H,18,21);2*1H. The summed E-state index contributed by atoms with van der Waals surface area (Å²) in [6, 6.07) is 0. The second-order valence-corrected chi connectivity index (χ2v) is 7.97. The minimum atomic E-state index is 0. The van der Waals surface area contributed by atoms with E-state index in [1.807, 2.05) is 0 Å². The molecule has 0 bridgehead atoms. The molecule has 8 heteroatoms. The number of nitrogens with one attached hydrogen (secondary N) is 1. The summed E-state index contributed by atoms with van der Waals surface area (Å²) in [6.07, 6.45) is 2.04. The first-order chi connectivity index (χ1) is 10.4. The zero-order chi connectivity index (χ0) is 16.2. The molecule has 3 N–H and O–H groups in total. The second kappa shape index (κ2) is 10.6. The molecule has 1 aromatic heterocycles. The molecular formula is C16H30Cl2N4OS. The van der Waals surface area contributed by atoms with Gasteiger partial charge in [0, 0.05) is 30.4 Å². The van der Waals surface area contributed by atoms with Gasteiger partial charge in [-0.15, -0.1) is 36.2 Å². The van der Waals surface area contributed by atoms with Gasteiger partial charge in [-0.25, -0.2) is 4.98 Å². The van der Waals surface area contributed by atoms with Gasteiger partial charge in [-0.05, 0) is 19.4 Å². The number of halogens is 2. The predicted octanol–water partition coefficient (Wildman–Crippen LogP) is 2.57. The first-order valence-corrected chi connectivity index (χ1v) is 8.93. The van der Waals surface area contributed by atoms with E-state index in [1.165, 1.54) is 0 Å². The van der Waals surface area contributed by atoms with Gasteiger partial charge in [-0.1, -0.05) is 20.8 Å². The molecule has 0 aliphatic carbocycles.